The van der Waals surface area contributed by atoms with Crippen LogP contribution in [-0.4, -0.2) is 22.7 Å². The predicted molar refractivity (Wildman–Crippen MR) is 65.7 cm³/mol. The number of hydrogen-bond acceptors (Lipinski definition) is 6. The molecular weight excluding hydrogens is 254 g/mol. The Hall–Kier alpha value is -1.73. The quantitative estimate of drug-likeness (QED) is 0.807. The van der Waals surface area contributed by atoms with Crippen LogP contribution in [0.3, 0.4) is 0 Å². The third kappa shape index (κ3) is 3.38. The van der Waals surface area contributed by atoms with Gasteiger partial charge in [-0.05, 0) is 18.4 Å². The Morgan fingerprint density at radius 1 is 1.56 bits per heavy atom. The topological polar surface area (TPSA) is 77.2 Å². The van der Waals surface area contributed by atoms with Crippen molar-refractivity contribution in [2.24, 2.45) is 0 Å². The first-order valence-corrected chi connectivity index (χ1v) is 6.49. The summed E-state index contributed by atoms with van der Waals surface area (Å²) in [6.07, 6.45) is 0.654. The first kappa shape index (κ1) is 12.7. The Morgan fingerprint density at radius 2 is 2.44 bits per heavy atom. The second-order valence-corrected chi connectivity index (χ2v) is 4.25. The number of nitrogens with zero attached hydrogens (tertiary/aromatic N) is 2. The lowest BCUT2D eigenvalue weighted by molar-refractivity contribution is -0.133. The number of amides is 1. The number of nitrogens with one attached hydrogen (secondary N) is 1. The lowest BCUT2D eigenvalue weighted by atomic mass is 10.3. The molecule has 0 aromatic carbocycles. The summed E-state index contributed by atoms with van der Waals surface area (Å²) in [5, 5.41) is 11.7. The molecule has 2 aromatic heterocycles. The van der Waals surface area contributed by atoms with Crippen molar-refractivity contribution in [1.29, 1.82) is 0 Å². The van der Waals surface area contributed by atoms with Crippen LogP contribution >= 0.6 is 11.3 Å². The summed E-state index contributed by atoms with van der Waals surface area (Å²) in [6.45, 7) is 2.24. The molecule has 0 spiro atoms. The fourth-order valence-electron chi connectivity index (χ4n) is 1.28. The minimum atomic E-state index is -0.202. The number of hydrogen-bond donors (Lipinski definition) is 1. The zero-order chi connectivity index (χ0) is 12.8. The number of carbonyl (C=O) groups is 1. The van der Waals surface area contributed by atoms with Gasteiger partial charge in [0.25, 0.3) is 0 Å². The van der Waals surface area contributed by atoms with Crippen LogP contribution in [0, 0.1) is 0 Å². The van der Waals surface area contributed by atoms with Crippen molar-refractivity contribution in [3.8, 4) is 11.5 Å². The van der Waals surface area contributed by atoms with Gasteiger partial charge < -0.3 is 4.42 Å². The Balaban J connectivity index is 1.86. The standard InChI is InChI=1S/C11H13N3O3S/c1-2-16-14-9(15)3-4-10-12-13-11(17-10)8-5-6-18-7-8/h5-7H,2-4H2,1H3,(H,14,15). The van der Waals surface area contributed by atoms with E-state index in [0.29, 0.717) is 24.8 Å². The highest BCUT2D eigenvalue weighted by Crippen LogP contribution is 2.20. The van der Waals surface area contributed by atoms with Crippen molar-refractivity contribution >= 4 is 17.2 Å². The highest BCUT2D eigenvalue weighted by Gasteiger charge is 2.10. The second-order valence-electron chi connectivity index (χ2n) is 3.47. The third-order valence-corrected chi connectivity index (χ3v) is 2.81. The monoisotopic (exact) mass is 267 g/mol. The first-order valence-electron chi connectivity index (χ1n) is 5.55. The van der Waals surface area contributed by atoms with Gasteiger partial charge in [-0.2, -0.15) is 11.3 Å². The first-order chi connectivity index (χ1) is 8.79. The van der Waals surface area contributed by atoms with Gasteiger partial charge in [0, 0.05) is 23.8 Å². The van der Waals surface area contributed by atoms with Crippen LogP contribution in [-0.2, 0) is 16.1 Å². The maximum absolute atomic E-state index is 11.3. The number of carbonyl (C=O) groups excluding carboxylic acids is 1. The van der Waals surface area contributed by atoms with E-state index in [1.54, 1.807) is 18.3 Å². The molecule has 2 heterocycles. The summed E-state index contributed by atoms with van der Waals surface area (Å²) >= 11 is 1.56. The molecule has 0 unspecified atom stereocenters. The predicted octanol–water partition coefficient (Wildman–Crippen LogP) is 1.80. The summed E-state index contributed by atoms with van der Waals surface area (Å²) in [6, 6.07) is 1.91. The van der Waals surface area contributed by atoms with Gasteiger partial charge in [-0.3, -0.25) is 9.63 Å². The van der Waals surface area contributed by atoms with Gasteiger partial charge in [0.2, 0.25) is 17.7 Å². The van der Waals surface area contributed by atoms with Crippen molar-refractivity contribution < 1.29 is 14.0 Å². The molecule has 0 saturated carbocycles. The molecule has 96 valence electrons. The zero-order valence-electron chi connectivity index (χ0n) is 9.88. The largest absolute Gasteiger partial charge is 0.421 e. The average Bonchev–Trinajstić information content (AvgIpc) is 3.03. The van der Waals surface area contributed by atoms with Crippen molar-refractivity contribution in [1.82, 2.24) is 15.7 Å². The molecule has 18 heavy (non-hydrogen) atoms. The van der Waals surface area contributed by atoms with Gasteiger partial charge in [0.05, 0.1) is 6.61 Å². The maximum atomic E-state index is 11.3. The summed E-state index contributed by atoms with van der Waals surface area (Å²) in [7, 11) is 0. The van der Waals surface area contributed by atoms with Crippen LogP contribution in [0.2, 0.25) is 0 Å². The molecule has 2 rings (SSSR count). The fourth-order valence-corrected chi connectivity index (χ4v) is 1.91. The molecule has 7 heteroatoms. The Morgan fingerprint density at radius 3 is 3.17 bits per heavy atom. The molecule has 0 aliphatic carbocycles. The molecule has 0 atom stereocenters. The van der Waals surface area contributed by atoms with E-state index in [4.69, 9.17) is 9.25 Å². The van der Waals surface area contributed by atoms with E-state index in [2.05, 4.69) is 15.7 Å². The molecule has 1 N–H and O–H groups in total. The molecule has 0 aliphatic rings. The van der Waals surface area contributed by atoms with Gasteiger partial charge in [-0.15, -0.1) is 10.2 Å². The van der Waals surface area contributed by atoms with Gasteiger partial charge in [-0.25, -0.2) is 5.48 Å². The molecule has 0 radical (unpaired) electrons. The van der Waals surface area contributed by atoms with Crippen molar-refractivity contribution in [2.75, 3.05) is 6.61 Å². The summed E-state index contributed by atoms with van der Waals surface area (Å²) < 4.78 is 5.45. The van der Waals surface area contributed by atoms with Crippen LogP contribution in [0.25, 0.3) is 11.5 Å². The van der Waals surface area contributed by atoms with Crippen LogP contribution < -0.4 is 5.48 Å². The number of aromatic nitrogens is 2. The molecule has 6 nitrogen and oxygen atoms in total. The Kier molecular flexibility index (Phi) is 4.43. The van der Waals surface area contributed by atoms with Crippen molar-refractivity contribution in [3.05, 3.63) is 22.7 Å². The normalized spacial score (nSPS) is 10.5. The molecule has 1 amide bonds. The average molecular weight is 267 g/mol. The van der Waals surface area contributed by atoms with Crippen LogP contribution in [0.5, 0.6) is 0 Å². The second kappa shape index (κ2) is 6.27. The minimum absolute atomic E-state index is 0.202. The SMILES string of the molecule is CCONC(=O)CCc1nnc(-c2ccsc2)o1. The lowest BCUT2D eigenvalue weighted by Gasteiger charge is -2.01. The molecular formula is C11H13N3O3S. The van der Waals surface area contributed by atoms with E-state index >= 15 is 0 Å². The number of aryl methyl sites for hydroxylation is 1. The summed E-state index contributed by atoms with van der Waals surface area (Å²) in [5.74, 6) is 0.728. The lowest BCUT2D eigenvalue weighted by Crippen LogP contribution is -2.23. The number of thiophene rings is 1. The smallest absolute Gasteiger partial charge is 0.248 e. The van der Waals surface area contributed by atoms with E-state index in [1.807, 2.05) is 16.8 Å². The number of rotatable bonds is 6. The van der Waals surface area contributed by atoms with E-state index in [1.165, 1.54) is 0 Å². The van der Waals surface area contributed by atoms with Crippen LogP contribution in [0.15, 0.2) is 21.2 Å². The molecule has 0 bridgehead atoms. The van der Waals surface area contributed by atoms with Gasteiger partial charge in [0.1, 0.15) is 0 Å². The highest BCUT2D eigenvalue weighted by molar-refractivity contribution is 7.08. The fraction of sp³-hybridized carbons (Fsp3) is 0.364. The van der Waals surface area contributed by atoms with E-state index in [9.17, 15) is 4.79 Å². The highest BCUT2D eigenvalue weighted by atomic mass is 32.1. The molecule has 0 saturated heterocycles. The van der Waals surface area contributed by atoms with E-state index < -0.39 is 0 Å². The van der Waals surface area contributed by atoms with Gasteiger partial charge in [-0.1, -0.05) is 0 Å². The number of hydroxylamine groups is 1. The molecule has 0 fully saturated rings. The van der Waals surface area contributed by atoms with Crippen LogP contribution in [0.4, 0.5) is 0 Å². The summed E-state index contributed by atoms with van der Waals surface area (Å²) in [4.78, 5) is 16.1. The van der Waals surface area contributed by atoms with E-state index in [-0.39, 0.29) is 12.3 Å². The third-order valence-electron chi connectivity index (χ3n) is 2.13. The molecule has 2 aromatic rings. The van der Waals surface area contributed by atoms with E-state index in [0.717, 1.165) is 5.56 Å². The zero-order valence-corrected chi connectivity index (χ0v) is 10.7. The van der Waals surface area contributed by atoms with Crippen molar-refractivity contribution in [3.63, 3.8) is 0 Å². The van der Waals surface area contributed by atoms with Crippen LogP contribution in [0.1, 0.15) is 19.2 Å². The van der Waals surface area contributed by atoms with Gasteiger partial charge in [0.15, 0.2) is 0 Å². The van der Waals surface area contributed by atoms with Gasteiger partial charge >= 0.3 is 0 Å². The maximum Gasteiger partial charge on any atom is 0.248 e. The summed E-state index contributed by atoms with van der Waals surface area (Å²) in [5.41, 5.74) is 3.21. The Bertz CT molecular complexity index is 495. The minimum Gasteiger partial charge on any atom is -0.421 e. The van der Waals surface area contributed by atoms with Crippen molar-refractivity contribution in [2.45, 2.75) is 19.8 Å². The Labute approximate surface area is 108 Å². The molecule has 0 aliphatic heterocycles.